The third kappa shape index (κ3) is 3.58. The maximum Gasteiger partial charge on any atom is 0.233 e. The lowest BCUT2D eigenvalue weighted by Crippen LogP contribution is -2.23. The van der Waals surface area contributed by atoms with Crippen LogP contribution in [0.5, 0.6) is 0 Å². The van der Waals surface area contributed by atoms with Crippen LogP contribution >= 0.6 is 45.2 Å². The van der Waals surface area contributed by atoms with Crippen molar-refractivity contribution in [2.75, 3.05) is 6.54 Å². The zero-order valence-electron chi connectivity index (χ0n) is 9.47. The molecule has 0 radical (unpaired) electrons. The van der Waals surface area contributed by atoms with Gasteiger partial charge in [0.05, 0.1) is 19.0 Å². The SMILES string of the molecule is Cn1ccc(=NCCC#N)n1C(O)=C(I)C(=O)I. The number of aryl methyl sites for hydroxylation is 1. The van der Waals surface area contributed by atoms with Crippen LogP contribution in [-0.2, 0) is 11.8 Å². The predicted molar refractivity (Wildman–Crippen MR) is 83.0 cm³/mol. The molecule has 0 fully saturated rings. The van der Waals surface area contributed by atoms with E-state index in [0.717, 1.165) is 0 Å². The van der Waals surface area contributed by atoms with Crippen molar-refractivity contribution < 1.29 is 9.90 Å². The zero-order valence-corrected chi connectivity index (χ0v) is 13.8. The van der Waals surface area contributed by atoms with Gasteiger partial charge in [-0.1, -0.05) is 0 Å². The highest BCUT2D eigenvalue weighted by Crippen LogP contribution is 2.17. The van der Waals surface area contributed by atoms with Gasteiger partial charge >= 0.3 is 0 Å². The average molecular weight is 472 g/mol. The average Bonchev–Trinajstić information content (AvgIpc) is 2.69. The number of aromatic nitrogens is 2. The number of nitriles is 1. The molecule has 0 bridgehead atoms. The Balaban J connectivity index is 3.29. The second kappa shape index (κ2) is 6.93. The highest BCUT2D eigenvalue weighted by Gasteiger charge is 2.13. The number of carbonyl (C=O) groups excluding carboxylic acids is 1. The van der Waals surface area contributed by atoms with Crippen molar-refractivity contribution >= 4 is 54.9 Å². The molecule has 6 nitrogen and oxygen atoms in total. The zero-order chi connectivity index (χ0) is 13.7. The van der Waals surface area contributed by atoms with Gasteiger partial charge in [-0.2, -0.15) is 5.26 Å². The molecular weight excluding hydrogens is 462 g/mol. The van der Waals surface area contributed by atoms with Crippen LogP contribution in [0.25, 0.3) is 5.88 Å². The molecule has 96 valence electrons. The Bertz CT molecular complexity index is 592. The van der Waals surface area contributed by atoms with Crippen molar-refractivity contribution in [3.63, 3.8) is 0 Å². The lowest BCUT2D eigenvalue weighted by Gasteiger charge is -2.08. The minimum absolute atomic E-state index is 0.168. The van der Waals surface area contributed by atoms with E-state index >= 15 is 0 Å². The molecule has 1 N–H and O–H groups in total. The van der Waals surface area contributed by atoms with E-state index in [1.54, 1.807) is 69.2 Å². The first-order valence-corrected chi connectivity index (χ1v) is 7.05. The summed E-state index contributed by atoms with van der Waals surface area (Å²) in [5, 5.41) is 18.5. The van der Waals surface area contributed by atoms with Crippen molar-refractivity contribution in [3.8, 4) is 6.07 Å². The molecule has 1 aromatic heterocycles. The van der Waals surface area contributed by atoms with Gasteiger partial charge in [-0.05, 0) is 22.6 Å². The molecule has 0 unspecified atom stereocenters. The number of aliphatic hydroxyl groups excluding tert-OH is 1. The summed E-state index contributed by atoms with van der Waals surface area (Å²) < 4.78 is 2.99. The monoisotopic (exact) mass is 472 g/mol. The molecule has 0 saturated carbocycles. The van der Waals surface area contributed by atoms with Gasteiger partial charge in [0.25, 0.3) is 0 Å². The normalized spacial score (nSPS) is 13.1. The topological polar surface area (TPSA) is 83.3 Å². The van der Waals surface area contributed by atoms with E-state index in [-0.39, 0.29) is 13.3 Å². The molecule has 1 heterocycles. The molecule has 8 heteroatoms. The van der Waals surface area contributed by atoms with Crippen molar-refractivity contribution in [2.24, 2.45) is 12.0 Å². The van der Waals surface area contributed by atoms with Crippen LogP contribution in [0.3, 0.4) is 0 Å². The number of halogens is 2. The van der Waals surface area contributed by atoms with Gasteiger partial charge in [0.15, 0.2) is 5.49 Å². The molecule has 0 amide bonds. The van der Waals surface area contributed by atoms with E-state index in [9.17, 15) is 9.90 Å². The van der Waals surface area contributed by atoms with Crippen LogP contribution in [0, 0.1) is 11.3 Å². The standard InChI is InChI=1S/C10H10I2N4O2/c1-15-6-3-7(14-5-2-4-13)16(15)10(18)8(11)9(12)17/h3,6,18H,2,5H2,1H3. The second-order valence-electron chi connectivity index (χ2n) is 3.26. The third-order valence-corrected chi connectivity index (χ3v) is 4.58. The number of carbonyl (C=O) groups is 1. The van der Waals surface area contributed by atoms with Crippen molar-refractivity contribution in [1.29, 1.82) is 5.26 Å². The highest BCUT2D eigenvalue weighted by molar-refractivity contribution is 14.1. The van der Waals surface area contributed by atoms with Gasteiger partial charge in [0.1, 0.15) is 3.58 Å². The Hall–Kier alpha value is -0.830. The summed E-state index contributed by atoms with van der Waals surface area (Å²) in [5.41, 5.74) is 0.497. The van der Waals surface area contributed by atoms with Crippen LogP contribution < -0.4 is 5.49 Å². The van der Waals surface area contributed by atoms with E-state index in [1.807, 2.05) is 6.07 Å². The van der Waals surface area contributed by atoms with E-state index in [4.69, 9.17) is 5.26 Å². The molecule has 0 spiro atoms. The molecule has 0 atom stereocenters. The fourth-order valence-corrected chi connectivity index (χ4v) is 1.72. The van der Waals surface area contributed by atoms with Gasteiger partial charge in [-0.3, -0.25) is 14.5 Å². The first kappa shape index (κ1) is 15.2. The smallest absolute Gasteiger partial charge is 0.233 e. The van der Waals surface area contributed by atoms with Crippen molar-refractivity contribution in [2.45, 2.75) is 6.42 Å². The summed E-state index contributed by atoms with van der Waals surface area (Å²) in [6.45, 7) is 0.350. The molecule has 0 aliphatic rings. The quantitative estimate of drug-likeness (QED) is 0.238. The van der Waals surface area contributed by atoms with E-state index in [1.165, 1.54) is 4.68 Å². The maximum atomic E-state index is 11.2. The number of aliphatic hydroxyl groups is 1. The second-order valence-corrected chi connectivity index (χ2v) is 5.32. The van der Waals surface area contributed by atoms with Crippen LogP contribution in [0.15, 0.2) is 20.8 Å². The summed E-state index contributed by atoms with van der Waals surface area (Å²) in [4.78, 5) is 15.4. The van der Waals surface area contributed by atoms with Crippen LogP contribution in [0.1, 0.15) is 6.42 Å². The van der Waals surface area contributed by atoms with Gasteiger partial charge in [-0.25, -0.2) is 4.68 Å². The van der Waals surface area contributed by atoms with Gasteiger partial charge in [0, 0.05) is 41.9 Å². The molecule has 1 aromatic rings. The molecule has 0 aliphatic heterocycles. The number of rotatable bonds is 4. The summed E-state index contributed by atoms with van der Waals surface area (Å²) >= 11 is 3.39. The Morgan fingerprint density at radius 2 is 2.28 bits per heavy atom. The minimum Gasteiger partial charge on any atom is -0.492 e. The molecule has 0 saturated heterocycles. The molecule has 1 rings (SSSR count). The molecular formula is C10H10I2N4O2. The molecule has 18 heavy (non-hydrogen) atoms. The Kier molecular flexibility index (Phi) is 5.86. The Morgan fingerprint density at radius 3 is 2.83 bits per heavy atom. The van der Waals surface area contributed by atoms with Gasteiger partial charge in [0.2, 0.25) is 9.67 Å². The lowest BCUT2D eigenvalue weighted by molar-refractivity contribution is -0.105. The minimum atomic E-state index is -0.248. The molecule has 0 aliphatic carbocycles. The first-order chi connectivity index (χ1) is 8.49. The van der Waals surface area contributed by atoms with Gasteiger partial charge in [-0.15, -0.1) is 0 Å². The van der Waals surface area contributed by atoms with E-state index < -0.39 is 0 Å². The summed E-state index contributed by atoms with van der Waals surface area (Å²) in [5.74, 6) is -0.168. The number of nitrogens with zero attached hydrogens (tertiary/aromatic N) is 4. The van der Waals surface area contributed by atoms with Crippen molar-refractivity contribution in [3.05, 3.63) is 21.3 Å². The first-order valence-electron chi connectivity index (χ1n) is 4.90. The van der Waals surface area contributed by atoms with Gasteiger partial charge < -0.3 is 5.11 Å². The van der Waals surface area contributed by atoms with Crippen LogP contribution in [0.4, 0.5) is 0 Å². The van der Waals surface area contributed by atoms with Crippen LogP contribution in [-0.4, -0.2) is 24.8 Å². The third-order valence-electron chi connectivity index (χ3n) is 2.04. The summed E-state index contributed by atoms with van der Waals surface area (Å²) in [6, 6.07) is 3.70. The lowest BCUT2D eigenvalue weighted by atomic mass is 10.5. The number of hydrogen-bond donors (Lipinski definition) is 1. The highest BCUT2D eigenvalue weighted by atomic mass is 127. The van der Waals surface area contributed by atoms with Crippen molar-refractivity contribution in [1.82, 2.24) is 9.36 Å². The Labute approximate surface area is 131 Å². The van der Waals surface area contributed by atoms with E-state index in [2.05, 4.69) is 4.99 Å². The predicted octanol–water partition coefficient (Wildman–Crippen LogP) is 1.72. The molecule has 0 aromatic carbocycles. The Morgan fingerprint density at radius 1 is 1.61 bits per heavy atom. The summed E-state index contributed by atoms with van der Waals surface area (Å²) in [7, 11) is 1.72. The number of allylic oxidation sites excluding steroid dienone is 1. The van der Waals surface area contributed by atoms with Crippen LogP contribution in [0.2, 0.25) is 0 Å². The fourth-order valence-electron chi connectivity index (χ4n) is 1.25. The fraction of sp³-hybridized carbons (Fsp3) is 0.300. The number of hydrogen-bond acceptors (Lipinski definition) is 4. The maximum absolute atomic E-state index is 11.2. The largest absolute Gasteiger partial charge is 0.492 e. The summed E-state index contributed by atoms with van der Waals surface area (Å²) in [6.07, 6.45) is 2.02. The van der Waals surface area contributed by atoms with E-state index in [0.29, 0.717) is 18.5 Å².